The Kier molecular flexibility index (Phi) is 4.42. The van der Waals surface area contributed by atoms with Crippen molar-refractivity contribution >= 4 is 18.5 Å². The Morgan fingerprint density at radius 3 is 2.31 bits per heavy atom. The number of rotatable bonds is 3. The van der Waals surface area contributed by atoms with Gasteiger partial charge >= 0.3 is 0 Å². The molecule has 0 aliphatic carbocycles. The van der Waals surface area contributed by atoms with Crippen LogP contribution in [-0.4, -0.2) is 23.6 Å². The topological polar surface area (TPSA) is 20.3 Å². The molecule has 0 N–H and O–H groups in total. The van der Waals surface area contributed by atoms with E-state index >= 15 is 0 Å². The molecule has 1 rings (SSSR count). The lowest BCUT2D eigenvalue weighted by molar-refractivity contribution is -0.127. The van der Waals surface area contributed by atoms with Crippen LogP contribution in [0, 0.1) is 20.8 Å². The zero-order chi connectivity index (χ0) is 12.3. The molecule has 88 valence electrons. The Bertz CT molecular complexity index is 401. The number of aryl methyl sites for hydroxylation is 3. The first-order valence-electron chi connectivity index (χ1n) is 5.37. The fraction of sp³-hybridized carbons (Fsp3) is 0.462. The number of benzene rings is 1. The number of thiol groups is 1. The van der Waals surface area contributed by atoms with Crippen molar-refractivity contribution in [1.82, 2.24) is 4.90 Å². The predicted molar refractivity (Wildman–Crippen MR) is 71.0 cm³/mol. The maximum atomic E-state index is 11.4. The van der Waals surface area contributed by atoms with Crippen molar-refractivity contribution < 1.29 is 4.79 Å². The molecule has 0 aliphatic rings. The third-order valence-electron chi connectivity index (χ3n) is 2.92. The minimum absolute atomic E-state index is 0.0564. The molecular weight excluding hydrogens is 218 g/mol. The summed E-state index contributed by atoms with van der Waals surface area (Å²) in [4.78, 5) is 13.1. The molecule has 3 heteroatoms. The zero-order valence-electron chi connectivity index (χ0n) is 10.4. The highest BCUT2D eigenvalue weighted by molar-refractivity contribution is 7.81. The molecule has 0 saturated heterocycles. The smallest absolute Gasteiger partial charge is 0.232 e. The van der Waals surface area contributed by atoms with Crippen molar-refractivity contribution in [2.45, 2.75) is 27.3 Å². The second-order valence-corrected chi connectivity index (χ2v) is 4.59. The average Bonchev–Trinajstić information content (AvgIpc) is 2.24. The van der Waals surface area contributed by atoms with Crippen LogP contribution >= 0.6 is 12.6 Å². The van der Waals surface area contributed by atoms with E-state index in [1.165, 1.54) is 22.3 Å². The van der Waals surface area contributed by atoms with E-state index in [0.29, 0.717) is 6.54 Å². The molecule has 1 aromatic rings. The molecule has 0 unspecified atom stereocenters. The van der Waals surface area contributed by atoms with E-state index in [9.17, 15) is 4.79 Å². The van der Waals surface area contributed by atoms with Crippen molar-refractivity contribution in [3.63, 3.8) is 0 Å². The highest BCUT2D eigenvalue weighted by Gasteiger charge is 2.09. The average molecular weight is 237 g/mol. The van der Waals surface area contributed by atoms with Gasteiger partial charge in [-0.15, -0.1) is 0 Å². The zero-order valence-corrected chi connectivity index (χ0v) is 11.3. The van der Waals surface area contributed by atoms with Crippen LogP contribution in [0.15, 0.2) is 12.1 Å². The molecule has 0 saturated carbocycles. The van der Waals surface area contributed by atoms with Crippen LogP contribution in [0.4, 0.5) is 0 Å². The Labute approximate surface area is 103 Å². The number of hydrogen-bond donors (Lipinski definition) is 1. The van der Waals surface area contributed by atoms with Gasteiger partial charge in [-0.05, 0) is 43.0 Å². The van der Waals surface area contributed by atoms with E-state index < -0.39 is 0 Å². The van der Waals surface area contributed by atoms with Crippen LogP contribution < -0.4 is 0 Å². The highest BCUT2D eigenvalue weighted by atomic mass is 32.1. The molecule has 0 atom stereocenters. The molecule has 0 aromatic heterocycles. The van der Waals surface area contributed by atoms with Crippen LogP contribution in [0.3, 0.4) is 0 Å². The van der Waals surface area contributed by atoms with Gasteiger partial charge in [-0.2, -0.15) is 12.6 Å². The third-order valence-corrected chi connectivity index (χ3v) is 3.19. The minimum Gasteiger partial charge on any atom is -0.341 e. The second kappa shape index (κ2) is 5.39. The van der Waals surface area contributed by atoms with Gasteiger partial charge in [0.25, 0.3) is 0 Å². The summed E-state index contributed by atoms with van der Waals surface area (Å²) in [6.45, 7) is 6.94. The van der Waals surface area contributed by atoms with Gasteiger partial charge in [0.15, 0.2) is 0 Å². The van der Waals surface area contributed by atoms with Crippen LogP contribution in [0.5, 0.6) is 0 Å². The summed E-state index contributed by atoms with van der Waals surface area (Å²) in [7, 11) is 1.81. The van der Waals surface area contributed by atoms with E-state index in [0.717, 1.165) is 0 Å². The van der Waals surface area contributed by atoms with Gasteiger partial charge < -0.3 is 4.90 Å². The molecule has 0 heterocycles. The van der Waals surface area contributed by atoms with Crippen molar-refractivity contribution in [2.24, 2.45) is 0 Å². The first kappa shape index (κ1) is 13.1. The van der Waals surface area contributed by atoms with Crippen molar-refractivity contribution in [1.29, 1.82) is 0 Å². The molecule has 0 bridgehead atoms. The number of nitrogens with zero attached hydrogens (tertiary/aromatic N) is 1. The van der Waals surface area contributed by atoms with Gasteiger partial charge in [0.05, 0.1) is 5.75 Å². The molecule has 16 heavy (non-hydrogen) atoms. The maximum Gasteiger partial charge on any atom is 0.232 e. The summed E-state index contributed by atoms with van der Waals surface area (Å²) in [5, 5.41) is 0. The number of hydrogen-bond acceptors (Lipinski definition) is 2. The van der Waals surface area contributed by atoms with Gasteiger partial charge in [-0.1, -0.05) is 12.1 Å². The fourth-order valence-electron chi connectivity index (χ4n) is 1.66. The molecule has 0 radical (unpaired) electrons. The first-order chi connectivity index (χ1) is 7.45. The van der Waals surface area contributed by atoms with E-state index in [-0.39, 0.29) is 11.7 Å². The fourth-order valence-corrected chi connectivity index (χ4v) is 1.90. The first-order valence-corrected chi connectivity index (χ1v) is 6.00. The van der Waals surface area contributed by atoms with E-state index in [1.54, 1.807) is 4.90 Å². The Hall–Kier alpha value is -0.960. The summed E-state index contributed by atoms with van der Waals surface area (Å²) in [5.74, 6) is 0.321. The molecule has 2 nitrogen and oxygen atoms in total. The summed E-state index contributed by atoms with van der Waals surface area (Å²) in [6.07, 6.45) is 0. The molecular formula is C13H19NOS. The Morgan fingerprint density at radius 1 is 1.19 bits per heavy atom. The van der Waals surface area contributed by atoms with Gasteiger partial charge in [0.1, 0.15) is 0 Å². The van der Waals surface area contributed by atoms with Gasteiger partial charge in [0.2, 0.25) is 5.91 Å². The number of carbonyl (C=O) groups excluding carboxylic acids is 1. The summed E-state index contributed by atoms with van der Waals surface area (Å²) in [6, 6.07) is 4.33. The quantitative estimate of drug-likeness (QED) is 0.801. The maximum absolute atomic E-state index is 11.4. The number of amides is 1. The van der Waals surface area contributed by atoms with Gasteiger partial charge in [0, 0.05) is 13.6 Å². The molecule has 0 aliphatic heterocycles. The largest absolute Gasteiger partial charge is 0.341 e. The Morgan fingerprint density at radius 2 is 1.75 bits per heavy atom. The van der Waals surface area contributed by atoms with Crippen molar-refractivity contribution in [3.05, 3.63) is 34.4 Å². The van der Waals surface area contributed by atoms with Crippen molar-refractivity contribution in [2.75, 3.05) is 12.8 Å². The lowest BCUT2D eigenvalue weighted by Crippen LogP contribution is -2.27. The minimum atomic E-state index is 0.0564. The lowest BCUT2D eigenvalue weighted by atomic mass is 10.0. The molecule has 0 fully saturated rings. The summed E-state index contributed by atoms with van der Waals surface area (Å²) < 4.78 is 0. The van der Waals surface area contributed by atoms with E-state index in [4.69, 9.17) is 0 Å². The molecule has 0 spiro atoms. The standard InChI is InChI=1S/C13H19NOS/c1-9-5-11(3)12(6-10(9)2)7-14(4)13(15)8-16/h5-6,16H,7-8H2,1-4H3. The monoisotopic (exact) mass is 237 g/mol. The second-order valence-electron chi connectivity index (χ2n) is 4.27. The summed E-state index contributed by atoms with van der Waals surface area (Å²) in [5.41, 5.74) is 5.01. The highest BCUT2D eigenvalue weighted by Crippen LogP contribution is 2.16. The van der Waals surface area contributed by atoms with Gasteiger partial charge in [-0.25, -0.2) is 0 Å². The normalized spacial score (nSPS) is 10.3. The molecule has 1 amide bonds. The van der Waals surface area contributed by atoms with Gasteiger partial charge in [-0.3, -0.25) is 4.79 Å². The molecule has 1 aromatic carbocycles. The summed E-state index contributed by atoms with van der Waals surface area (Å²) >= 11 is 3.99. The number of carbonyl (C=O) groups is 1. The Balaban J connectivity index is 2.89. The van der Waals surface area contributed by atoms with Crippen LogP contribution in [0.25, 0.3) is 0 Å². The lowest BCUT2D eigenvalue weighted by Gasteiger charge is -2.18. The van der Waals surface area contributed by atoms with Crippen LogP contribution in [0.2, 0.25) is 0 Å². The SMILES string of the molecule is Cc1cc(C)c(CN(C)C(=O)CS)cc1C. The van der Waals surface area contributed by atoms with Crippen LogP contribution in [-0.2, 0) is 11.3 Å². The van der Waals surface area contributed by atoms with E-state index in [1.807, 2.05) is 7.05 Å². The third kappa shape index (κ3) is 3.01. The van der Waals surface area contributed by atoms with Crippen molar-refractivity contribution in [3.8, 4) is 0 Å². The predicted octanol–water partition coefficient (Wildman–Crippen LogP) is 2.50. The van der Waals surface area contributed by atoms with E-state index in [2.05, 4.69) is 45.5 Å². The van der Waals surface area contributed by atoms with Crippen LogP contribution in [0.1, 0.15) is 22.3 Å².